The van der Waals surface area contributed by atoms with Crippen LogP contribution in [0.3, 0.4) is 0 Å². The van der Waals surface area contributed by atoms with E-state index in [1.807, 2.05) is 19.1 Å². The number of hydrogen-bond acceptors (Lipinski definition) is 2. The first kappa shape index (κ1) is 12.5. The SMILES string of the molecule is CC1=CC2C(=[O+]C(=O)/C2=C(/O)c2ccc(F)cc2)C=C1. The molecule has 1 aliphatic heterocycles. The standard InChI is InChI=1S/C16H11FO3/c1-9-2-7-13-12(8-9)14(16(19)20-13)15(18)10-3-5-11(17)6-4-10/h2-8,12H,1H3/p+1. The molecule has 0 fully saturated rings. The number of benzene rings is 1. The molecule has 1 aliphatic carbocycles. The number of rotatable bonds is 1. The number of carbonyl (C=O) groups excluding carboxylic acids is 2. The van der Waals surface area contributed by atoms with E-state index in [1.54, 1.807) is 6.08 Å². The molecule has 4 heteroatoms. The largest absolute Gasteiger partial charge is 0.614 e. The number of hydrogen-bond donors (Lipinski definition) is 1. The van der Waals surface area contributed by atoms with E-state index in [2.05, 4.69) is 0 Å². The lowest BCUT2D eigenvalue weighted by atomic mass is 9.88. The third kappa shape index (κ3) is 1.99. The van der Waals surface area contributed by atoms with Crippen LogP contribution < -0.4 is 0 Å². The lowest BCUT2D eigenvalue weighted by Gasteiger charge is -2.08. The van der Waals surface area contributed by atoms with Gasteiger partial charge in [-0.15, -0.1) is 0 Å². The highest BCUT2D eigenvalue weighted by Gasteiger charge is 2.45. The minimum absolute atomic E-state index is 0.172. The van der Waals surface area contributed by atoms with Crippen LogP contribution in [0.15, 0.2) is 53.6 Å². The first-order chi connectivity index (χ1) is 9.56. The van der Waals surface area contributed by atoms with Crippen molar-refractivity contribution in [1.29, 1.82) is 0 Å². The zero-order valence-corrected chi connectivity index (χ0v) is 10.8. The van der Waals surface area contributed by atoms with E-state index < -0.39 is 11.8 Å². The Bertz CT molecular complexity index is 706. The third-order valence-electron chi connectivity index (χ3n) is 3.36. The van der Waals surface area contributed by atoms with Gasteiger partial charge in [0.25, 0.3) is 0 Å². The second-order valence-corrected chi connectivity index (χ2v) is 4.78. The Labute approximate surface area is 115 Å². The summed E-state index contributed by atoms with van der Waals surface area (Å²) in [4.78, 5) is 11.9. The molecular weight excluding hydrogens is 259 g/mol. The van der Waals surface area contributed by atoms with Crippen LogP contribution in [0.25, 0.3) is 5.76 Å². The van der Waals surface area contributed by atoms with Crippen LogP contribution in [0.1, 0.15) is 12.5 Å². The number of allylic oxidation sites excluding steroid dienone is 4. The van der Waals surface area contributed by atoms with Crippen LogP contribution in [0.5, 0.6) is 0 Å². The van der Waals surface area contributed by atoms with Gasteiger partial charge in [0, 0.05) is 11.6 Å². The van der Waals surface area contributed by atoms with Crippen molar-refractivity contribution in [2.45, 2.75) is 6.92 Å². The molecule has 0 saturated heterocycles. The van der Waals surface area contributed by atoms with Crippen molar-refractivity contribution < 1.29 is 18.7 Å². The van der Waals surface area contributed by atoms with Gasteiger partial charge >= 0.3 is 5.97 Å². The number of fused-ring (bicyclic) bond motifs is 1. The van der Waals surface area contributed by atoms with Gasteiger partial charge in [0.2, 0.25) is 5.78 Å². The predicted octanol–water partition coefficient (Wildman–Crippen LogP) is 2.87. The second-order valence-electron chi connectivity index (χ2n) is 4.78. The van der Waals surface area contributed by atoms with Crippen molar-refractivity contribution in [3.8, 4) is 0 Å². The van der Waals surface area contributed by atoms with E-state index in [0.29, 0.717) is 11.3 Å². The summed E-state index contributed by atoms with van der Waals surface area (Å²) in [6.45, 7) is 1.91. The van der Waals surface area contributed by atoms with Crippen molar-refractivity contribution in [3.63, 3.8) is 0 Å². The molecular formula is C16H12FO3+. The lowest BCUT2D eigenvalue weighted by molar-refractivity contribution is -0.366. The highest BCUT2D eigenvalue weighted by molar-refractivity contribution is 6.13. The van der Waals surface area contributed by atoms with E-state index in [9.17, 15) is 14.3 Å². The molecule has 0 bridgehead atoms. The van der Waals surface area contributed by atoms with Gasteiger partial charge in [-0.1, -0.05) is 17.7 Å². The fraction of sp³-hybridized carbons (Fsp3) is 0.125. The number of aliphatic hydroxyl groups is 1. The first-order valence-corrected chi connectivity index (χ1v) is 6.21. The number of ketones is 1. The molecule has 3 nitrogen and oxygen atoms in total. The van der Waals surface area contributed by atoms with Crippen molar-refractivity contribution in [3.05, 3.63) is 65.0 Å². The maximum absolute atomic E-state index is 12.9. The monoisotopic (exact) mass is 271 g/mol. The molecule has 0 aromatic heterocycles. The van der Waals surface area contributed by atoms with Crippen molar-refractivity contribution in [2.24, 2.45) is 5.92 Å². The number of carbonyl (C=O) groups is 1. The predicted molar refractivity (Wildman–Crippen MR) is 72.3 cm³/mol. The van der Waals surface area contributed by atoms with Gasteiger partial charge in [0.05, 0.1) is 4.79 Å². The average Bonchev–Trinajstić information content (AvgIpc) is 2.74. The number of aliphatic hydroxyl groups excluding tert-OH is 1. The zero-order chi connectivity index (χ0) is 14.3. The molecule has 1 N–H and O–H groups in total. The van der Waals surface area contributed by atoms with Gasteiger partial charge in [-0.05, 0) is 31.2 Å². The van der Waals surface area contributed by atoms with Gasteiger partial charge < -0.3 is 5.11 Å². The van der Waals surface area contributed by atoms with E-state index >= 15 is 0 Å². The molecule has 1 heterocycles. The van der Waals surface area contributed by atoms with Gasteiger partial charge in [-0.2, -0.15) is 0 Å². The molecule has 3 rings (SSSR count). The Morgan fingerprint density at radius 2 is 1.95 bits per heavy atom. The van der Waals surface area contributed by atoms with Crippen LogP contribution in [0, 0.1) is 11.7 Å². The highest BCUT2D eigenvalue weighted by atomic mass is 19.1. The van der Waals surface area contributed by atoms with Crippen LogP contribution in [-0.2, 0) is 9.22 Å². The summed E-state index contributed by atoms with van der Waals surface area (Å²) in [7, 11) is 0. The summed E-state index contributed by atoms with van der Waals surface area (Å²) in [5.74, 6) is -1.01. The van der Waals surface area contributed by atoms with Crippen molar-refractivity contribution in [1.82, 2.24) is 0 Å². The van der Waals surface area contributed by atoms with Crippen molar-refractivity contribution in [2.75, 3.05) is 0 Å². The van der Waals surface area contributed by atoms with Crippen LogP contribution in [-0.4, -0.2) is 16.9 Å². The smallest absolute Gasteiger partial charge is 0.506 e. The van der Waals surface area contributed by atoms with Crippen molar-refractivity contribution >= 4 is 17.5 Å². The van der Waals surface area contributed by atoms with E-state index in [-0.39, 0.29) is 17.3 Å². The van der Waals surface area contributed by atoms with Crippen LogP contribution in [0.2, 0.25) is 0 Å². The highest BCUT2D eigenvalue weighted by Crippen LogP contribution is 2.31. The molecule has 1 atom stereocenters. The molecule has 20 heavy (non-hydrogen) atoms. The molecule has 1 aromatic carbocycles. The van der Waals surface area contributed by atoms with Gasteiger partial charge in [-0.3, -0.25) is 4.42 Å². The normalized spacial score (nSPS) is 23.3. The van der Waals surface area contributed by atoms with Gasteiger partial charge in [-0.25, -0.2) is 4.39 Å². The summed E-state index contributed by atoms with van der Waals surface area (Å²) in [5, 5.41) is 10.3. The zero-order valence-electron chi connectivity index (χ0n) is 10.8. The summed E-state index contributed by atoms with van der Waals surface area (Å²) in [5.41, 5.74) is 1.57. The Balaban J connectivity index is 2.09. The fourth-order valence-electron chi connectivity index (χ4n) is 2.34. The molecule has 1 unspecified atom stereocenters. The maximum atomic E-state index is 12.9. The summed E-state index contributed by atoms with van der Waals surface area (Å²) in [6, 6.07) is 5.33. The van der Waals surface area contributed by atoms with E-state index in [4.69, 9.17) is 4.42 Å². The lowest BCUT2D eigenvalue weighted by Crippen LogP contribution is -2.13. The molecule has 0 saturated carbocycles. The second kappa shape index (κ2) is 4.56. The first-order valence-electron chi connectivity index (χ1n) is 6.21. The quantitative estimate of drug-likeness (QED) is 0.485. The van der Waals surface area contributed by atoms with E-state index in [1.165, 1.54) is 24.3 Å². The summed E-state index contributed by atoms with van der Waals surface area (Å²) >= 11 is 0. The fourth-order valence-corrected chi connectivity index (χ4v) is 2.34. The van der Waals surface area contributed by atoms with Gasteiger partial charge in [0.1, 0.15) is 17.5 Å². The Morgan fingerprint density at radius 1 is 1.25 bits per heavy atom. The maximum Gasteiger partial charge on any atom is 0.614 e. The molecule has 0 amide bonds. The van der Waals surface area contributed by atoms with E-state index in [0.717, 1.165) is 5.57 Å². The average molecular weight is 271 g/mol. The van der Waals surface area contributed by atoms with Crippen LogP contribution in [0.4, 0.5) is 4.39 Å². The van der Waals surface area contributed by atoms with Gasteiger partial charge in [0.15, 0.2) is 5.57 Å². The molecule has 0 spiro atoms. The Hall–Kier alpha value is -2.49. The minimum atomic E-state index is -0.567. The summed E-state index contributed by atoms with van der Waals surface area (Å²) in [6.07, 6.45) is 5.43. The third-order valence-corrected chi connectivity index (χ3v) is 3.36. The Kier molecular flexibility index (Phi) is 2.86. The number of halogens is 1. The topological polar surface area (TPSA) is 48.6 Å². The summed E-state index contributed by atoms with van der Waals surface area (Å²) < 4.78 is 18.1. The molecule has 2 aliphatic rings. The molecule has 1 aromatic rings. The van der Waals surface area contributed by atoms with Crippen LogP contribution >= 0.6 is 0 Å². The minimum Gasteiger partial charge on any atom is -0.506 e. The Morgan fingerprint density at radius 3 is 2.65 bits per heavy atom. The molecule has 100 valence electrons. The molecule has 0 radical (unpaired) electrons.